The van der Waals surface area contributed by atoms with Gasteiger partial charge in [-0.15, -0.1) is 0 Å². The van der Waals surface area contributed by atoms with Gasteiger partial charge in [0.05, 0.1) is 17.5 Å². The quantitative estimate of drug-likeness (QED) is 0.520. The second-order valence-electron chi connectivity index (χ2n) is 8.59. The van der Waals surface area contributed by atoms with Crippen molar-refractivity contribution in [3.63, 3.8) is 0 Å². The highest BCUT2D eigenvalue weighted by atomic mass is 19.4. The number of aromatic nitrogens is 2. The normalized spacial score (nSPS) is 16.9. The average Bonchev–Trinajstić information content (AvgIpc) is 3.23. The molecular formula is C24H25F4N3O. The topological polar surface area (TPSA) is 52.1 Å². The molecule has 1 saturated heterocycles. The van der Waals surface area contributed by atoms with Crippen LogP contribution in [0.25, 0.3) is 11.3 Å². The number of aliphatic hydroxyl groups is 1. The highest BCUT2D eigenvalue weighted by Crippen LogP contribution is 2.37. The molecule has 0 unspecified atom stereocenters. The Kier molecular flexibility index (Phi) is 6.35. The third-order valence-electron chi connectivity index (χ3n) is 6.33. The van der Waals surface area contributed by atoms with E-state index in [2.05, 4.69) is 15.1 Å². The monoisotopic (exact) mass is 447 g/mol. The van der Waals surface area contributed by atoms with Crippen LogP contribution in [-0.4, -0.2) is 39.9 Å². The minimum Gasteiger partial charge on any atom is -0.396 e. The molecule has 1 fully saturated rings. The van der Waals surface area contributed by atoms with Gasteiger partial charge in [0, 0.05) is 24.3 Å². The molecule has 0 saturated carbocycles. The first-order valence-corrected chi connectivity index (χ1v) is 10.6. The number of aromatic amines is 1. The second-order valence-corrected chi connectivity index (χ2v) is 8.59. The van der Waals surface area contributed by atoms with Crippen molar-refractivity contribution >= 4 is 0 Å². The van der Waals surface area contributed by atoms with E-state index in [1.165, 1.54) is 24.3 Å². The summed E-state index contributed by atoms with van der Waals surface area (Å²) in [6.45, 7) is 2.01. The number of H-pyrrole nitrogens is 1. The van der Waals surface area contributed by atoms with Gasteiger partial charge in [-0.05, 0) is 73.7 Å². The van der Waals surface area contributed by atoms with E-state index in [1.54, 1.807) is 24.4 Å². The van der Waals surface area contributed by atoms with Crippen LogP contribution >= 0.6 is 0 Å². The van der Waals surface area contributed by atoms with Gasteiger partial charge in [-0.25, -0.2) is 4.39 Å². The van der Waals surface area contributed by atoms with Gasteiger partial charge in [-0.2, -0.15) is 18.3 Å². The zero-order valence-electron chi connectivity index (χ0n) is 17.5. The second kappa shape index (κ2) is 9.03. The summed E-state index contributed by atoms with van der Waals surface area (Å²) in [6, 6.07) is 11.6. The van der Waals surface area contributed by atoms with Crippen LogP contribution in [0.15, 0.2) is 54.7 Å². The van der Waals surface area contributed by atoms with Crippen molar-refractivity contribution in [1.29, 1.82) is 0 Å². The number of likely N-dealkylation sites (tertiary alicyclic amines) is 1. The number of nitrogens with one attached hydrogen (secondary N) is 1. The first-order valence-electron chi connectivity index (χ1n) is 10.6. The molecule has 2 aromatic carbocycles. The van der Waals surface area contributed by atoms with Crippen molar-refractivity contribution in [3.05, 3.63) is 77.2 Å². The Morgan fingerprint density at radius 2 is 1.78 bits per heavy atom. The molecule has 32 heavy (non-hydrogen) atoms. The molecule has 0 spiro atoms. The molecule has 170 valence electrons. The first kappa shape index (κ1) is 22.5. The SMILES string of the molecule is OCC1(Cc2cccc(C(F)(F)F)c2)CCN(Cc2cn[nH]c2-c2ccc(F)cc2)CC1. The summed E-state index contributed by atoms with van der Waals surface area (Å²) in [6.07, 6.45) is -0.839. The van der Waals surface area contributed by atoms with Crippen molar-refractivity contribution in [2.75, 3.05) is 19.7 Å². The van der Waals surface area contributed by atoms with Crippen LogP contribution in [0.5, 0.6) is 0 Å². The first-order chi connectivity index (χ1) is 15.3. The molecule has 1 aliphatic rings. The maximum absolute atomic E-state index is 13.2. The van der Waals surface area contributed by atoms with E-state index in [0.29, 0.717) is 44.5 Å². The van der Waals surface area contributed by atoms with E-state index in [0.717, 1.165) is 22.9 Å². The molecule has 4 nitrogen and oxygen atoms in total. The smallest absolute Gasteiger partial charge is 0.396 e. The Labute approximate surface area is 183 Å². The number of alkyl halides is 3. The molecule has 0 aliphatic carbocycles. The average molecular weight is 447 g/mol. The Morgan fingerprint density at radius 1 is 1.06 bits per heavy atom. The summed E-state index contributed by atoms with van der Waals surface area (Å²) in [5.74, 6) is -0.299. The zero-order chi connectivity index (χ0) is 22.8. The van der Waals surface area contributed by atoms with Gasteiger partial charge in [-0.1, -0.05) is 18.2 Å². The van der Waals surface area contributed by atoms with E-state index >= 15 is 0 Å². The maximum atomic E-state index is 13.2. The zero-order valence-corrected chi connectivity index (χ0v) is 17.5. The molecule has 3 aromatic rings. The fourth-order valence-corrected chi connectivity index (χ4v) is 4.41. The highest BCUT2D eigenvalue weighted by molar-refractivity contribution is 5.62. The predicted molar refractivity (Wildman–Crippen MR) is 113 cm³/mol. The number of aliphatic hydroxyl groups excluding tert-OH is 1. The number of hydrogen-bond donors (Lipinski definition) is 2. The van der Waals surface area contributed by atoms with Crippen LogP contribution in [-0.2, 0) is 19.1 Å². The van der Waals surface area contributed by atoms with Gasteiger partial charge in [0.2, 0.25) is 0 Å². The van der Waals surface area contributed by atoms with Crippen molar-refractivity contribution in [2.45, 2.75) is 32.0 Å². The number of benzene rings is 2. The maximum Gasteiger partial charge on any atom is 0.416 e. The summed E-state index contributed by atoms with van der Waals surface area (Å²) in [5, 5.41) is 17.2. The highest BCUT2D eigenvalue weighted by Gasteiger charge is 2.36. The summed E-state index contributed by atoms with van der Waals surface area (Å²) >= 11 is 0. The Balaban J connectivity index is 1.41. The summed E-state index contributed by atoms with van der Waals surface area (Å²) < 4.78 is 52.4. The molecule has 2 N–H and O–H groups in total. The standard InChI is InChI=1S/C24H25F4N3O/c25-21-6-4-18(5-7-21)22-19(14-29-30-22)15-31-10-8-23(16-32,9-11-31)13-17-2-1-3-20(12-17)24(26,27)28/h1-7,12,14,32H,8-11,13,15-16H2,(H,29,30). The number of hydrogen-bond acceptors (Lipinski definition) is 3. The number of piperidine rings is 1. The third-order valence-corrected chi connectivity index (χ3v) is 6.33. The van der Waals surface area contributed by atoms with E-state index in [1.807, 2.05) is 0 Å². The Morgan fingerprint density at radius 3 is 2.44 bits per heavy atom. The number of halogens is 4. The van der Waals surface area contributed by atoms with Gasteiger partial charge in [0.1, 0.15) is 5.82 Å². The van der Waals surface area contributed by atoms with Gasteiger partial charge in [-0.3, -0.25) is 10.00 Å². The summed E-state index contributed by atoms with van der Waals surface area (Å²) in [5.41, 5.74) is 2.19. The largest absolute Gasteiger partial charge is 0.416 e. The Hall–Kier alpha value is -2.71. The van der Waals surface area contributed by atoms with Gasteiger partial charge >= 0.3 is 6.18 Å². The van der Waals surface area contributed by atoms with E-state index in [9.17, 15) is 22.7 Å². The minimum atomic E-state index is -4.38. The van der Waals surface area contributed by atoms with Crippen LogP contribution in [0.3, 0.4) is 0 Å². The fourth-order valence-electron chi connectivity index (χ4n) is 4.41. The van der Waals surface area contributed by atoms with Gasteiger partial charge in [0.25, 0.3) is 0 Å². The molecule has 1 aromatic heterocycles. The van der Waals surface area contributed by atoms with Crippen molar-refractivity contribution in [1.82, 2.24) is 15.1 Å². The van der Waals surface area contributed by atoms with Crippen LogP contribution < -0.4 is 0 Å². The molecule has 1 aliphatic heterocycles. The van der Waals surface area contributed by atoms with Gasteiger partial charge < -0.3 is 5.11 Å². The van der Waals surface area contributed by atoms with E-state index < -0.39 is 17.2 Å². The fraction of sp³-hybridized carbons (Fsp3) is 0.375. The van der Waals surface area contributed by atoms with Crippen molar-refractivity contribution in [3.8, 4) is 11.3 Å². The van der Waals surface area contributed by atoms with E-state index in [4.69, 9.17) is 0 Å². The van der Waals surface area contributed by atoms with Crippen LogP contribution in [0.1, 0.15) is 29.5 Å². The molecular weight excluding hydrogens is 422 g/mol. The Bertz CT molecular complexity index is 1040. The third kappa shape index (κ3) is 5.02. The summed E-state index contributed by atoms with van der Waals surface area (Å²) in [4.78, 5) is 2.25. The van der Waals surface area contributed by atoms with Crippen molar-refractivity contribution in [2.24, 2.45) is 5.41 Å². The van der Waals surface area contributed by atoms with Crippen LogP contribution in [0, 0.1) is 11.2 Å². The van der Waals surface area contributed by atoms with Crippen molar-refractivity contribution < 1.29 is 22.7 Å². The molecule has 0 bridgehead atoms. The number of rotatable bonds is 6. The van der Waals surface area contributed by atoms with Crippen LogP contribution in [0.4, 0.5) is 17.6 Å². The lowest BCUT2D eigenvalue weighted by atomic mass is 9.74. The lowest BCUT2D eigenvalue weighted by Gasteiger charge is -2.41. The number of nitrogens with zero attached hydrogens (tertiary/aromatic N) is 2. The molecule has 0 radical (unpaired) electrons. The molecule has 4 rings (SSSR count). The lowest BCUT2D eigenvalue weighted by molar-refractivity contribution is -0.137. The van der Waals surface area contributed by atoms with E-state index in [-0.39, 0.29) is 12.4 Å². The summed E-state index contributed by atoms with van der Waals surface area (Å²) in [7, 11) is 0. The molecule has 2 heterocycles. The molecule has 0 atom stereocenters. The minimum absolute atomic E-state index is 0.0658. The predicted octanol–water partition coefficient (Wildman–Crippen LogP) is 5.05. The lowest BCUT2D eigenvalue weighted by Crippen LogP contribution is -2.42. The molecule has 0 amide bonds. The van der Waals surface area contributed by atoms with Gasteiger partial charge in [0.15, 0.2) is 0 Å². The molecule has 8 heteroatoms. The van der Waals surface area contributed by atoms with Crippen LogP contribution in [0.2, 0.25) is 0 Å².